The second kappa shape index (κ2) is 8.15. The summed E-state index contributed by atoms with van der Waals surface area (Å²) in [7, 11) is 0. The number of anilines is 1. The number of aromatic nitrogens is 1. The number of H-pyrrole nitrogens is 1. The van der Waals surface area contributed by atoms with E-state index in [1.165, 1.54) is 30.0 Å². The average Bonchev–Trinajstić information content (AvgIpc) is 2.57. The van der Waals surface area contributed by atoms with E-state index in [0.29, 0.717) is 16.8 Å². The number of thioether (sulfide) groups is 1. The van der Waals surface area contributed by atoms with Crippen molar-refractivity contribution in [3.8, 4) is 0 Å². The SMILES string of the molecule is Cc1cc(C)c2c(=O)cc(CSCC(=O)Nc3ccc(F)c(Cl)c3)[nH]c2c1. The first-order valence-corrected chi connectivity index (χ1v) is 9.82. The van der Waals surface area contributed by atoms with Gasteiger partial charge in [0.25, 0.3) is 0 Å². The van der Waals surface area contributed by atoms with Gasteiger partial charge in [0.1, 0.15) is 5.82 Å². The monoisotopic (exact) mass is 404 g/mol. The van der Waals surface area contributed by atoms with Crippen molar-refractivity contribution in [1.29, 1.82) is 0 Å². The molecule has 4 nitrogen and oxygen atoms in total. The lowest BCUT2D eigenvalue weighted by Crippen LogP contribution is -2.14. The standard InChI is InChI=1S/C20H18ClFN2O2S/c1-11-5-12(2)20-17(6-11)23-14(8-18(20)25)9-27-10-19(26)24-13-3-4-16(22)15(21)7-13/h3-8H,9-10H2,1-2H3,(H,23,25)(H,24,26). The Morgan fingerprint density at radius 3 is 2.74 bits per heavy atom. The zero-order valence-corrected chi connectivity index (χ0v) is 16.4. The Morgan fingerprint density at radius 2 is 2.00 bits per heavy atom. The van der Waals surface area contributed by atoms with E-state index in [9.17, 15) is 14.0 Å². The fourth-order valence-electron chi connectivity index (χ4n) is 2.94. The van der Waals surface area contributed by atoms with Gasteiger partial charge in [-0.15, -0.1) is 11.8 Å². The van der Waals surface area contributed by atoms with Crippen molar-refractivity contribution in [1.82, 2.24) is 4.98 Å². The van der Waals surface area contributed by atoms with Crippen LogP contribution in [0.2, 0.25) is 5.02 Å². The Bertz CT molecular complexity index is 1080. The van der Waals surface area contributed by atoms with Crippen LogP contribution < -0.4 is 10.7 Å². The molecule has 1 heterocycles. The van der Waals surface area contributed by atoms with Crippen LogP contribution in [0.5, 0.6) is 0 Å². The van der Waals surface area contributed by atoms with Gasteiger partial charge in [-0.2, -0.15) is 0 Å². The number of pyridine rings is 1. The van der Waals surface area contributed by atoms with Gasteiger partial charge < -0.3 is 10.3 Å². The number of amides is 1. The van der Waals surface area contributed by atoms with Crippen LogP contribution in [0.1, 0.15) is 16.8 Å². The van der Waals surface area contributed by atoms with Gasteiger partial charge >= 0.3 is 0 Å². The van der Waals surface area contributed by atoms with Crippen molar-refractivity contribution in [2.45, 2.75) is 19.6 Å². The summed E-state index contributed by atoms with van der Waals surface area (Å²) in [5.74, 6) is -0.0650. The van der Waals surface area contributed by atoms with Gasteiger partial charge in [0.2, 0.25) is 5.91 Å². The van der Waals surface area contributed by atoms with Crippen LogP contribution in [0.25, 0.3) is 10.9 Å². The van der Waals surface area contributed by atoms with Crippen molar-refractivity contribution in [3.05, 3.63) is 74.3 Å². The number of hydrogen-bond donors (Lipinski definition) is 2. The molecule has 0 fully saturated rings. The van der Waals surface area contributed by atoms with Crippen LogP contribution in [0, 0.1) is 19.7 Å². The molecule has 7 heteroatoms. The first kappa shape index (κ1) is 19.5. The molecule has 0 aliphatic rings. The van der Waals surface area contributed by atoms with Gasteiger partial charge in [-0.3, -0.25) is 9.59 Å². The molecule has 2 N–H and O–H groups in total. The normalized spacial score (nSPS) is 11.0. The van der Waals surface area contributed by atoms with Crippen LogP contribution in [-0.4, -0.2) is 16.6 Å². The first-order valence-electron chi connectivity index (χ1n) is 8.29. The second-order valence-electron chi connectivity index (χ2n) is 6.33. The molecule has 1 amide bonds. The molecule has 0 aliphatic heterocycles. The average molecular weight is 405 g/mol. The molecule has 0 unspecified atom stereocenters. The van der Waals surface area contributed by atoms with Gasteiger partial charge in [0, 0.05) is 28.6 Å². The molecule has 0 radical (unpaired) electrons. The highest BCUT2D eigenvalue weighted by Gasteiger charge is 2.08. The molecule has 3 rings (SSSR count). The fraction of sp³-hybridized carbons (Fsp3) is 0.200. The van der Waals surface area contributed by atoms with Gasteiger partial charge in [-0.1, -0.05) is 17.7 Å². The third-order valence-corrected chi connectivity index (χ3v) is 5.29. The largest absolute Gasteiger partial charge is 0.357 e. The van der Waals surface area contributed by atoms with Crippen molar-refractivity contribution in [2.24, 2.45) is 0 Å². The first-order chi connectivity index (χ1) is 12.8. The molecule has 1 aromatic heterocycles. The van der Waals surface area contributed by atoms with E-state index in [1.807, 2.05) is 26.0 Å². The topological polar surface area (TPSA) is 62.0 Å². The number of rotatable bonds is 5. The molecule has 2 aromatic carbocycles. The lowest BCUT2D eigenvalue weighted by molar-refractivity contribution is -0.113. The number of aromatic amines is 1. The summed E-state index contributed by atoms with van der Waals surface area (Å²) in [6.45, 7) is 3.91. The highest BCUT2D eigenvalue weighted by Crippen LogP contribution is 2.20. The van der Waals surface area contributed by atoms with Gasteiger partial charge in [0.15, 0.2) is 5.43 Å². The summed E-state index contributed by atoms with van der Waals surface area (Å²) in [4.78, 5) is 27.7. The third kappa shape index (κ3) is 4.70. The van der Waals surface area contributed by atoms with E-state index in [4.69, 9.17) is 11.6 Å². The molecular formula is C20H18ClFN2O2S. The van der Waals surface area contributed by atoms with E-state index >= 15 is 0 Å². The lowest BCUT2D eigenvalue weighted by atomic mass is 10.1. The summed E-state index contributed by atoms with van der Waals surface area (Å²) in [5.41, 5.74) is 4.01. The highest BCUT2D eigenvalue weighted by molar-refractivity contribution is 7.99. The smallest absolute Gasteiger partial charge is 0.234 e. The number of hydrogen-bond acceptors (Lipinski definition) is 3. The molecule has 0 spiro atoms. The van der Waals surface area contributed by atoms with Gasteiger partial charge in [-0.25, -0.2) is 4.39 Å². The highest BCUT2D eigenvalue weighted by atomic mass is 35.5. The van der Waals surface area contributed by atoms with Gasteiger partial charge in [-0.05, 0) is 49.2 Å². The predicted octanol–water partition coefficient (Wildman–Crippen LogP) is 4.81. The van der Waals surface area contributed by atoms with E-state index in [2.05, 4.69) is 10.3 Å². The summed E-state index contributed by atoms with van der Waals surface area (Å²) in [6, 6.07) is 9.53. The minimum atomic E-state index is -0.533. The van der Waals surface area contributed by atoms with E-state index < -0.39 is 5.82 Å². The Balaban J connectivity index is 1.64. The number of benzene rings is 2. The predicted molar refractivity (Wildman–Crippen MR) is 110 cm³/mol. The van der Waals surface area contributed by atoms with Crippen LogP contribution in [0.3, 0.4) is 0 Å². The summed E-state index contributed by atoms with van der Waals surface area (Å²) in [6.07, 6.45) is 0. The number of fused-ring (bicyclic) bond motifs is 1. The maximum atomic E-state index is 13.1. The number of carbonyl (C=O) groups excluding carboxylic acids is 1. The minimum Gasteiger partial charge on any atom is -0.357 e. The maximum absolute atomic E-state index is 13.1. The Kier molecular flexibility index (Phi) is 5.87. The molecule has 140 valence electrons. The molecule has 0 bridgehead atoms. The molecule has 3 aromatic rings. The summed E-state index contributed by atoms with van der Waals surface area (Å²) in [5, 5.41) is 3.32. The zero-order valence-electron chi connectivity index (χ0n) is 14.9. The minimum absolute atomic E-state index is 0.0257. The van der Waals surface area contributed by atoms with Crippen LogP contribution in [0.4, 0.5) is 10.1 Å². The zero-order chi connectivity index (χ0) is 19.6. The van der Waals surface area contributed by atoms with Crippen molar-refractivity contribution < 1.29 is 9.18 Å². The van der Waals surface area contributed by atoms with Crippen LogP contribution in [0.15, 0.2) is 41.2 Å². The van der Waals surface area contributed by atoms with Crippen molar-refractivity contribution in [2.75, 3.05) is 11.1 Å². The quantitative estimate of drug-likeness (QED) is 0.641. The molecule has 0 aliphatic carbocycles. The number of nitrogens with one attached hydrogen (secondary N) is 2. The Hall–Kier alpha value is -2.31. The molecule has 0 saturated heterocycles. The Morgan fingerprint density at radius 1 is 1.22 bits per heavy atom. The van der Waals surface area contributed by atoms with Crippen molar-refractivity contribution >= 4 is 45.9 Å². The summed E-state index contributed by atoms with van der Waals surface area (Å²) < 4.78 is 13.1. The van der Waals surface area contributed by atoms with E-state index in [0.717, 1.165) is 22.3 Å². The van der Waals surface area contributed by atoms with E-state index in [-0.39, 0.29) is 22.1 Å². The van der Waals surface area contributed by atoms with E-state index in [1.54, 1.807) is 6.07 Å². The lowest BCUT2D eigenvalue weighted by Gasteiger charge is -2.08. The molecule has 27 heavy (non-hydrogen) atoms. The Labute approximate surface area is 165 Å². The molecule has 0 saturated carbocycles. The van der Waals surface area contributed by atoms with Gasteiger partial charge in [0.05, 0.1) is 16.3 Å². The maximum Gasteiger partial charge on any atom is 0.234 e. The third-order valence-electron chi connectivity index (χ3n) is 4.02. The summed E-state index contributed by atoms with van der Waals surface area (Å²) >= 11 is 7.08. The van der Waals surface area contributed by atoms with Crippen molar-refractivity contribution in [3.63, 3.8) is 0 Å². The molecular weight excluding hydrogens is 387 g/mol. The fourth-order valence-corrected chi connectivity index (χ4v) is 3.85. The number of aryl methyl sites for hydroxylation is 2. The van der Waals surface area contributed by atoms with Crippen LogP contribution >= 0.6 is 23.4 Å². The molecule has 0 atom stereocenters. The number of halogens is 2. The number of carbonyl (C=O) groups is 1. The second-order valence-corrected chi connectivity index (χ2v) is 7.73. The van der Waals surface area contributed by atoms with Crippen LogP contribution in [-0.2, 0) is 10.5 Å².